The van der Waals surface area contributed by atoms with E-state index in [1.165, 1.54) is 69.9 Å². The number of anilines is 1. The van der Waals surface area contributed by atoms with Crippen molar-refractivity contribution in [1.82, 2.24) is 0 Å². The number of nitrogen functional groups attached to an aromatic ring is 1. The van der Waals surface area contributed by atoms with E-state index in [-0.39, 0.29) is 5.69 Å². The van der Waals surface area contributed by atoms with E-state index in [0.717, 1.165) is 32.0 Å². The second-order valence-corrected chi connectivity index (χ2v) is 7.72. The van der Waals surface area contributed by atoms with E-state index in [0.29, 0.717) is 18.4 Å². The molecule has 0 radical (unpaired) electrons. The number of aldehydes is 1. The molecule has 0 atom stereocenters. The van der Waals surface area contributed by atoms with Crippen LogP contribution in [0.2, 0.25) is 0 Å². The Morgan fingerprint density at radius 3 is 1.68 bits per heavy atom. The lowest BCUT2D eigenvalue weighted by Gasteiger charge is -2.11. The molecule has 2 nitrogen and oxygen atoms in total. The molecule has 0 saturated heterocycles. The van der Waals surface area contributed by atoms with Crippen LogP contribution in [-0.2, 0) is 17.4 Å². The Morgan fingerprint density at radius 2 is 1.21 bits per heavy atom. The Morgan fingerprint density at radius 1 is 0.750 bits per heavy atom. The summed E-state index contributed by atoms with van der Waals surface area (Å²) in [5.41, 5.74) is 5.23. The molecule has 0 heterocycles. The first-order chi connectivity index (χ1) is 13.4. The Bertz CT molecular complexity index is 543. The van der Waals surface area contributed by atoms with Gasteiger partial charge in [-0.15, -0.1) is 0 Å². The van der Waals surface area contributed by atoms with Gasteiger partial charge in [-0.2, -0.15) is 13.2 Å². The smallest absolute Gasteiger partial charge is 0.398 e. The number of aryl methyl sites for hydroxylation is 1. The highest BCUT2D eigenvalue weighted by Gasteiger charge is 2.32. The summed E-state index contributed by atoms with van der Waals surface area (Å²) in [6.07, 6.45) is 13.5. The molecule has 0 aliphatic rings. The van der Waals surface area contributed by atoms with Crippen LogP contribution in [-0.4, -0.2) is 6.29 Å². The second kappa shape index (κ2) is 14.5. The van der Waals surface area contributed by atoms with Crippen molar-refractivity contribution in [3.8, 4) is 0 Å². The van der Waals surface area contributed by atoms with E-state index in [9.17, 15) is 18.0 Å². The van der Waals surface area contributed by atoms with Crippen molar-refractivity contribution in [2.75, 3.05) is 5.73 Å². The molecule has 0 bridgehead atoms. The first-order valence-electron chi connectivity index (χ1n) is 10.8. The quantitative estimate of drug-likeness (QED) is 0.178. The second-order valence-electron chi connectivity index (χ2n) is 7.72. The molecule has 1 rings (SSSR count). The molecule has 28 heavy (non-hydrogen) atoms. The monoisotopic (exact) mass is 399 g/mol. The normalized spacial score (nSPS) is 11.7. The number of hydrogen-bond acceptors (Lipinski definition) is 2. The summed E-state index contributed by atoms with van der Waals surface area (Å²) in [5.74, 6) is 0. The summed E-state index contributed by atoms with van der Waals surface area (Å²) >= 11 is 0. The van der Waals surface area contributed by atoms with Gasteiger partial charge >= 0.3 is 6.18 Å². The standard InChI is InChI=1S/C23H36F3NO/c24-23(25,26)21-19-20(16-17-22(21)27)15-13-11-9-7-5-3-1-2-4-6-8-10-12-14-18-28/h16-19H,1-15,27H2. The third kappa shape index (κ3) is 11.4. The van der Waals surface area contributed by atoms with Crippen LogP contribution in [0.25, 0.3) is 0 Å². The Balaban J connectivity index is 1.96. The molecule has 0 fully saturated rings. The molecule has 1 aromatic carbocycles. The summed E-state index contributed by atoms with van der Waals surface area (Å²) < 4.78 is 38.6. The zero-order chi connectivity index (χ0) is 20.7. The van der Waals surface area contributed by atoms with Gasteiger partial charge in [-0.25, -0.2) is 0 Å². The molecule has 1 aromatic rings. The van der Waals surface area contributed by atoms with Crippen molar-refractivity contribution >= 4 is 12.0 Å². The SMILES string of the molecule is Nc1ccc(CCCCCCCCCCCCCCCC=O)cc1C(F)(F)F. The Labute approximate surface area is 168 Å². The van der Waals surface area contributed by atoms with Crippen LogP contribution in [0.1, 0.15) is 101 Å². The minimum atomic E-state index is -4.38. The van der Waals surface area contributed by atoms with Gasteiger partial charge in [0.05, 0.1) is 5.56 Å². The fourth-order valence-corrected chi connectivity index (χ4v) is 3.51. The largest absolute Gasteiger partial charge is 0.418 e. The van der Waals surface area contributed by atoms with Crippen molar-refractivity contribution in [3.63, 3.8) is 0 Å². The number of nitrogens with two attached hydrogens (primary N) is 1. The molecule has 0 unspecified atom stereocenters. The van der Waals surface area contributed by atoms with Crippen LogP contribution in [0.3, 0.4) is 0 Å². The van der Waals surface area contributed by atoms with Crippen molar-refractivity contribution in [1.29, 1.82) is 0 Å². The first-order valence-corrected chi connectivity index (χ1v) is 10.8. The van der Waals surface area contributed by atoms with Crippen molar-refractivity contribution in [2.24, 2.45) is 0 Å². The number of hydrogen-bond donors (Lipinski definition) is 1. The minimum absolute atomic E-state index is 0.200. The topological polar surface area (TPSA) is 43.1 Å². The molecule has 0 aromatic heterocycles. The van der Waals surface area contributed by atoms with Crippen LogP contribution in [0, 0.1) is 0 Å². The maximum atomic E-state index is 12.9. The summed E-state index contributed by atoms with van der Waals surface area (Å²) in [6.45, 7) is 0. The van der Waals surface area contributed by atoms with Crippen LogP contribution in [0.4, 0.5) is 18.9 Å². The molecule has 2 N–H and O–H groups in total. The number of halogens is 3. The van der Waals surface area contributed by atoms with E-state index in [1.54, 1.807) is 6.07 Å². The highest BCUT2D eigenvalue weighted by molar-refractivity contribution is 5.50. The van der Waals surface area contributed by atoms with Crippen LogP contribution >= 0.6 is 0 Å². The van der Waals surface area contributed by atoms with Crippen LogP contribution in [0.15, 0.2) is 18.2 Å². The zero-order valence-corrected chi connectivity index (χ0v) is 17.0. The van der Waals surface area contributed by atoms with Gasteiger partial charge in [0.1, 0.15) is 6.29 Å². The molecule has 0 spiro atoms. The summed E-state index contributed by atoms with van der Waals surface area (Å²) in [5, 5.41) is 0. The van der Waals surface area contributed by atoms with Gasteiger partial charge in [0, 0.05) is 12.1 Å². The molecular formula is C23H36F3NO. The highest BCUT2D eigenvalue weighted by Crippen LogP contribution is 2.34. The lowest BCUT2D eigenvalue weighted by molar-refractivity contribution is -0.137. The summed E-state index contributed by atoms with van der Waals surface area (Å²) in [4.78, 5) is 10.2. The van der Waals surface area contributed by atoms with Gasteiger partial charge in [0.25, 0.3) is 0 Å². The fourth-order valence-electron chi connectivity index (χ4n) is 3.51. The highest BCUT2D eigenvalue weighted by atomic mass is 19.4. The molecule has 5 heteroatoms. The molecule has 0 amide bonds. The molecule has 0 aliphatic carbocycles. The van der Waals surface area contributed by atoms with Crippen molar-refractivity contribution in [3.05, 3.63) is 29.3 Å². The third-order valence-electron chi connectivity index (χ3n) is 5.21. The van der Waals surface area contributed by atoms with Crippen molar-refractivity contribution in [2.45, 2.75) is 102 Å². The van der Waals surface area contributed by atoms with E-state index < -0.39 is 11.7 Å². The Kier molecular flexibility index (Phi) is 12.7. The van der Waals surface area contributed by atoms with Crippen molar-refractivity contribution < 1.29 is 18.0 Å². The summed E-state index contributed by atoms with van der Waals surface area (Å²) in [6, 6.07) is 4.26. The first kappa shape index (κ1) is 24.5. The van der Waals surface area contributed by atoms with Gasteiger partial charge in [-0.05, 0) is 37.0 Å². The molecule has 160 valence electrons. The Hall–Kier alpha value is -1.52. The molecular weight excluding hydrogens is 363 g/mol. The van der Waals surface area contributed by atoms with Crippen LogP contribution in [0.5, 0.6) is 0 Å². The number of benzene rings is 1. The summed E-state index contributed by atoms with van der Waals surface area (Å²) in [7, 11) is 0. The van der Waals surface area contributed by atoms with Gasteiger partial charge in [-0.1, -0.05) is 76.7 Å². The number of alkyl halides is 3. The van der Waals surface area contributed by atoms with E-state index in [4.69, 9.17) is 5.73 Å². The maximum absolute atomic E-state index is 12.9. The maximum Gasteiger partial charge on any atom is 0.418 e. The van der Waals surface area contributed by atoms with E-state index in [1.807, 2.05) is 0 Å². The average molecular weight is 400 g/mol. The minimum Gasteiger partial charge on any atom is -0.398 e. The van der Waals surface area contributed by atoms with E-state index >= 15 is 0 Å². The van der Waals surface area contributed by atoms with E-state index in [2.05, 4.69) is 0 Å². The number of rotatable bonds is 16. The fraction of sp³-hybridized carbons (Fsp3) is 0.696. The van der Waals surface area contributed by atoms with Crippen LogP contribution < -0.4 is 5.73 Å². The predicted molar refractivity (Wildman–Crippen MR) is 110 cm³/mol. The van der Waals surface area contributed by atoms with Gasteiger partial charge in [0.2, 0.25) is 0 Å². The number of carbonyl (C=O) groups is 1. The lowest BCUT2D eigenvalue weighted by Crippen LogP contribution is -2.09. The lowest BCUT2D eigenvalue weighted by atomic mass is 10.0. The number of carbonyl (C=O) groups excluding carboxylic acids is 1. The molecule has 0 saturated carbocycles. The third-order valence-corrected chi connectivity index (χ3v) is 5.21. The average Bonchev–Trinajstić information content (AvgIpc) is 2.65. The van der Waals surface area contributed by atoms with Gasteiger partial charge < -0.3 is 10.5 Å². The zero-order valence-electron chi connectivity index (χ0n) is 17.0. The number of unbranched alkanes of at least 4 members (excludes halogenated alkanes) is 13. The van der Waals surface area contributed by atoms with Gasteiger partial charge in [-0.3, -0.25) is 0 Å². The predicted octanol–water partition coefficient (Wildman–Crippen LogP) is 7.49. The van der Waals surface area contributed by atoms with Gasteiger partial charge in [0.15, 0.2) is 0 Å². The molecule has 0 aliphatic heterocycles.